The number of ether oxygens (including phenoxy) is 1. The molecule has 2 rings (SSSR count). The van der Waals surface area contributed by atoms with Crippen molar-refractivity contribution in [2.75, 3.05) is 30.9 Å². The average molecular weight is 293 g/mol. The minimum Gasteiger partial charge on any atom is -0.384 e. The van der Waals surface area contributed by atoms with Gasteiger partial charge in [0.1, 0.15) is 5.69 Å². The molecule has 0 saturated carbocycles. The minimum absolute atomic E-state index is 0.0366. The molecule has 114 valence electrons. The number of nitrogens with zero attached hydrogens (tertiary/aromatic N) is 1. The lowest BCUT2D eigenvalue weighted by molar-refractivity contribution is -0.384. The second kappa shape index (κ2) is 6.53. The van der Waals surface area contributed by atoms with E-state index in [9.17, 15) is 14.9 Å². The highest BCUT2D eigenvalue weighted by Gasteiger charge is 2.22. The average Bonchev–Trinajstić information content (AvgIpc) is 2.44. The molecule has 1 unspecified atom stereocenters. The van der Waals surface area contributed by atoms with Gasteiger partial charge in [0.05, 0.1) is 11.5 Å². The number of amides is 1. The summed E-state index contributed by atoms with van der Waals surface area (Å²) in [7, 11) is 1.62. The van der Waals surface area contributed by atoms with E-state index in [2.05, 4.69) is 10.6 Å². The first kappa shape index (κ1) is 15.2. The third-order valence-electron chi connectivity index (χ3n) is 3.41. The van der Waals surface area contributed by atoms with Crippen molar-refractivity contribution in [2.45, 2.75) is 19.8 Å². The van der Waals surface area contributed by atoms with Gasteiger partial charge in [-0.05, 0) is 24.0 Å². The van der Waals surface area contributed by atoms with Gasteiger partial charge in [-0.1, -0.05) is 6.92 Å². The van der Waals surface area contributed by atoms with Gasteiger partial charge >= 0.3 is 0 Å². The standard InChI is InChI=1S/C14H19N3O4/c1-9(8-21-2)7-15-12-6-11-10(3-4-14(18)16-11)5-13(12)17(19)20/h5-6,9,15H,3-4,7-8H2,1-2H3,(H,16,18). The van der Waals surface area contributed by atoms with E-state index >= 15 is 0 Å². The molecule has 2 N–H and O–H groups in total. The summed E-state index contributed by atoms with van der Waals surface area (Å²) in [5, 5.41) is 17.0. The Labute approximate surface area is 122 Å². The molecule has 1 aromatic carbocycles. The van der Waals surface area contributed by atoms with E-state index < -0.39 is 4.92 Å². The Morgan fingerprint density at radius 2 is 2.24 bits per heavy atom. The minimum atomic E-state index is -0.403. The van der Waals surface area contributed by atoms with E-state index in [0.29, 0.717) is 37.4 Å². The van der Waals surface area contributed by atoms with E-state index in [0.717, 1.165) is 5.56 Å². The van der Waals surface area contributed by atoms with Crippen molar-refractivity contribution in [2.24, 2.45) is 5.92 Å². The van der Waals surface area contributed by atoms with Crippen molar-refractivity contribution < 1.29 is 14.5 Å². The number of hydrogen-bond donors (Lipinski definition) is 2. The summed E-state index contributed by atoms with van der Waals surface area (Å²) in [4.78, 5) is 22.2. The van der Waals surface area contributed by atoms with Crippen LogP contribution in [0.5, 0.6) is 0 Å². The Morgan fingerprint density at radius 3 is 2.90 bits per heavy atom. The molecule has 0 aromatic heterocycles. The van der Waals surface area contributed by atoms with Crippen LogP contribution in [0.1, 0.15) is 18.9 Å². The number of carbonyl (C=O) groups is 1. The molecule has 1 aliphatic heterocycles. The molecule has 1 amide bonds. The van der Waals surface area contributed by atoms with Gasteiger partial charge in [-0.3, -0.25) is 14.9 Å². The second-order valence-electron chi connectivity index (χ2n) is 5.27. The molecular weight excluding hydrogens is 274 g/mol. The SMILES string of the molecule is COCC(C)CNc1cc2c(cc1[N+](=O)[O-])CCC(=O)N2. The number of fused-ring (bicyclic) bond motifs is 1. The molecule has 7 heteroatoms. The van der Waals surface area contributed by atoms with Crippen LogP contribution in [0.25, 0.3) is 0 Å². The van der Waals surface area contributed by atoms with Crippen LogP contribution in [-0.4, -0.2) is 31.1 Å². The zero-order chi connectivity index (χ0) is 15.4. The van der Waals surface area contributed by atoms with Crippen molar-refractivity contribution in [3.63, 3.8) is 0 Å². The van der Waals surface area contributed by atoms with Crippen LogP contribution in [-0.2, 0) is 16.0 Å². The summed E-state index contributed by atoms with van der Waals surface area (Å²) in [6, 6.07) is 3.18. The molecule has 1 aliphatic rings. The quantitative estimate of drug-likeness (QED) is 0.619. The Balaban J connectivity index is 2.23. The normalized spacial score (nSPS) is 15.0. The predicted octanol–water partition coefficient (Wildman–Crippen LogP) is 2.17. The Kier molecular flexibility index (Phi) is 4.74. The van der Waals surface area contributed by atoms with Gasteiger partial charge in [0.2, 0.25) is 5.91 Å². The number of carbonyl (C=O) groups excluding carboxylic acids is 1. The van der Waals surface area contributed by atoms with Gasteiger partial charge in [-0.25, -0.2) is 0 Å². The number of hydrogen-bond acceptors (Lipinski definition) is 5. The van der Waals surface area contributed by atoms with Gasteiger partial charge in [0, 0.05) is 31.8 Å². The van der Waals surface area contributed by atoms with Gasteiger partial charge in [0.15, 0.2) is 0 Å². The third kappa shape index (κ3) is 3.69. The molecular formula is C14H19N3O4. The first-order valence-corrected chi connectivity index (χ1v) is 6.85. The first-order valence-electron chi connectivity index (χ1n) is 6.85. The van der Waals surface area contributed by atoms with Crippen LogP contribution >= 0.6 is 0 Å². The lowest BCUT2D eigenvalue weighted by Gasteiger charge is -2.19. The first-order chi connectivity index (χ1) is 10.0. The second-order valence-corrected chi connectivity index (χ2v) is 5.27. The van der Waals surface area contributed by atoms with Crippen LogP contribution < -0.4 is 10.6 Å². The highest BCUT2D eigenvalue weighted by molar-refractivity contribution is 5.95. The molecule has 21 heavy (non-hydrogen) atoms. The summed E-state index contributed by atoms with van der Waals surface area (Å²) in [5.74, 6) is 0.162. The van der Waals surface area contributed by atoms with Crippen LogP contribution in [0, 0.1) is 16.0 Å². The highest BCUT2D eigenvalue weighted by atomic mass is 16.6. The Morgan fingerprint density at radius 1 is 1.48 bits per heavy atom. The molecule has 0 saturated heterocycles. The molecule has 1 heterocycles. The summed E-state index contributed by atoms with van der Waals surface area (Å²) in [6.07, 6.45) is 0.893. The summed E-state index contributed by atoms with van der Waals surface area (Å²) >= 11 is 0. The molecule has 0 aliphatic carbocycles. The zero-order valence-corrected chi connectivity index (χ0v) is 12.1. The van der Waals surface area contributed by atoms with Crippen molar-refractivity contribution >= 4 is 23.0 Å². The van der Waals surface area contributed by atoms with Gasteiger partial charge in [-0.15, -0.1) is 0 Å². The van der Waals surface area contributed by atoms with E-state index in [4.69, 9.17) is 4.74 Å². The van der Waals surface area contributed by atoms with E-state index in [1.807, 2.05) is 6.92 Å². The van der Waals surface area contributed by atoms with Crippen LogP contribution in [0.2, 0.25) is 0 Å². The largest absolute Gasteiger partial charge is 0.384 e. The number of benzene rings is 1. The van der Waals surface area contributed by atoms with E-state index in [-0.39, 0.29) is 17.5 Å². The number of nitro groups is 1. The molecule has 1 atom stereocenters. The highest BCUT2D eigenvalue weighted by Crippen LogP contribution is 2.34. The fraction of sp³-hybridized carbons (Fsp3) is 0.500. The molecule has 0 radical (unpaired) electrons. The molecule has 0 bridgehead atoms. The third-order valence-corrected chi connectivity index (χ3v) is 3.41. The van der Waals surface area contributed by atoms with Crippen LogP contribution in [0.3, 0.4) is 0 Å². The number of nitro benzene ring substituents is 1. The van der Waals surface area contributed by atoms with Gasteiger partial charge in [0.25, 0.3) is 5.69 Å². The topological polar surface area (TPSA) is 93.5 Å². The van der Waals surface area contributed by atoms with Crippen molar-refractivity contribution in [3.05, 3.63) is 27.8 Å². The maximum absolute atomic E-state index is 11.4. The maximum Gasteiger partial charge on any atom is 0.292 e. The smallest absolute Gasteiger partial charge is 0.292 e. The predicted molar refractivity (Wildman–Crippen MR) is 79.6 cm³/mol. The number of aryl methyl sites for hydroxylation is 1. The van der Waals surface area contributed by atoms with Gasteiger partial charge < -0.3 is 15.4 Å². The number of rotatable bonds is 6. The lowest BCUT2D eigenvalue weighted by Crippen LogP contribution is -2.20. The van der Waals surface area contributed by atoms with Gasteiger partial charge in [-0.2, -0.15) is 0 Å². The van der Waals surface area contributed by atoms with Crippen molar-refractivity contribution in [3.8, 4) is 0 Å². The lowest BCUT2D eigenvalue weighted by atomic mass is 10.0. The maximum atomic E-state index is 11.4. The van der Waals surface area contributed by atoms with E-state index in [1.165, 1.54) is 6.07 Å². The van der Waals surface area contributed by atoms with Crippen LogP contribution in [0.15, 0.2) is 12.1 Å². The summed E-state index contributed by atoms with van der Waals surface area (Å²) in [5.41, 5.74) is 1.91. The van der Waals surface area contributed by atoms with E-state index in [1.54, 1.807) is 13.2 Å². The molecule has 0 fully saturated rings. The molecule has 7 nitrogen and oxygen atoms in total. The monoisotopic (exact) mass is 293 g/mol. The number of nitrogens with one attached hydrogen (secondary N) is 2. The Bertz CT molecular complexity index is 559. The Hall–Kier alpha value is -2.15. The molecule has 0 spiro atoms. The van der Waals surface area contributed by atoms with Crippen molar-refractivity contribution in [1.29, 1.82) is 0 Å². The van der Waals surface area contributed by atoms with Crippen molar-refractivity contribution in [1.82, 2.24) is 0 Å². The fourth-order valence-electron chi connectivity index (χ4n) is 2.34. The number of anilines is 2. The summed E-state index contributed by atoms with van der Waals surface area (Å²) < 4.78 is 5.04. The fourth-order valence-corrected chi connectivity index (χ4v) is 2.34. The van der Waals surface area contributed by atoms with Crippen LogP contribution in [0.4, 0.5) is 17.1 Å². The summed E-state index contributed by atoms with van der Waals surface area (Å²) in [6.45, 7) is 3.12. The molecule has 1 aromatic rings. The zero-order valence-electron chi connectivity index (χ0n) is 12.1. The number of methoxy groups -OCH3 is 1.